The lowest BCUT2D eigenvalue weighted by molar-refractivity contribution is 0.599. The van der Waals surface area contributed by atoms with Crippen molar-refractivity contribution >= 4 is 15.8 Å². The number of aromatic nitrogens is 2. The Morgan fingerprint density at radius 1 is 1.67 bits per heavy atom. The van der Waals surface area contributed by atoms with Crippen molar-refractivity contribution < 1.29 is 8.42 Å². The van der Waals surface area contributed by atoms with Gasteiger partial charge in [-0.2, -0.15) is 0 Å². The maximum absolute atomic E-state index is 11.1. The maximum Gasteiger partial charge on any atom is 0.233 e. The first kappa shape index (κ1) is 9.05. The molecule has 0 radical (unpaired) electrons. The second-order valence-electron chi connectivity index (χ2n) is 2.39. The van der Waals surface area contributed by atoms with E-state index >= 15 is 0 Å². The topological polar surface area (TPSA) is 74.8 Å². The first-order valence-electron chi connectivity index (χ1n) is 3.63. The van der Waals surface area contributed by atoms with Gasteiger partial charge in [-0.15, -0.1) is 0 Å². The fourth-order valence-corrected chi connectivity index (χ4v) is 1.89. The van der Waals surface area contributed by atoms with E-state index in [1.807, 2.05) is 6.92 Å². The Bertz CT molecular complexity index is 317. The Kier molecular flexibility index (Phi) is 2.69. The van der Waals surface area contributed by atoms with Gasteiger partial charge in [0.05, 0.1) is 18.3 Å². The number of hydrogen-bond donors (Lipinski definition) is 2. The van der Waals surface area contributed by atoms with Gasteiger partial charge in [0.1, 0.15) is 5.82 Å². The number of nitrogens with one attached hydrogen (secondary N) is 2. The molecular formula is C6H11N3O2S. The van der Waals surface area contributed by atoms with Gasteiger partial charge in [-0.3, -0.25) is 4.72 Å². The van der Waals surface area contributed by atoms with Crippen molar-refractivity contribution in [1.29, 1.82) is 0 Å². The summed E-state index contributed by atoms with van der Waals surface area (Å²) in [5, 5.41) is 0. The molecule has 6 heteroatoms. The smallest absolute Gasteiger partial charge is 0.233 e. The molecule has 0 aliphatic heterocycles. The number of nitrogens with zero attached hydrogens (tertiary/aromatic N) is 1. The van der Waals surface area contributed by atoms with E-state index in [-0.39, 0.29) is 5.75 Å². The van der Waals surface area contributed by atoms with Crippen molar-refractivity contribution in [1.82, 2.24) is 9.97 Å². The molecule has 0 bridgehead atoms. The summed E-state index contributed by atoms with van der Waals surface area (Å²) < 4.78 is 24.6. The van der Waals surface area contributed by atoms with Crippen molar-refractivity contribution in [2.45, 2.75) is 13.3 Å². The fraction of sp³-hybridized carbons (Fsp3) is 0.500. The van der Waals surface area contributed by atoms with E-state index in [2.05, 4.69) is 14.7 Å². The van der Waals surface area contributed by atoms with Gasteiger partial charge in [0.25, 0.3) is 0 Å². The largest absolute Gasteiger partial charge is 0.331 e. The second-order valence-corrected chi connectivity index (χ2v) is 4.23. The van der Waals surface area contributed by atoms with E-state index in [4.69, 9.17) is 0 Å². The van der Waals surface area contributed by atoms with Gasteiger partial charge in [-0.05, 0) is 6.42 Å². The molecule has 0 aromatic carbocycles. The Morgan fingerprint density at radius 3 is 2.92 bits per heavy atom. The summed E-state index contributed by atoms with van der Waals surface area (Å²) in [6.07, 6.45) is 3.44. The van der Waals surface area contributed by atoms with Crippen molar-refractivity contribution in [2.24, 2.45) is 0 Å². The van der Waals surface area contributed by atoms with E-state index in [0.717, 1.165) is 0 Å². The summed E-state index contributed by atoms with van der Waals surface area (Å²) in [4.78, 5) is 6.33. The predicted molar refractivity (Wildman–Crippen MR) is 46.3 cm³/mol. The maximum atomic E-state index is 11.1. The van der Waals surface area contributed by atoms with Gasteiger partial charge in [0.2, 0.25) is 10.0 Å². The summed E-state index contributed by atoms with van der Waals surface area (Å²) in [6.45, 7) is 1.81. The predicted octanol–water partition coefficient (Wildman–Crippen LogP) is 0.561. The van der Waals surface area contributed by atoms with Crippen LogP contribution in [0.4, 0.5) is 5.82 Å². The summed E-state index contributed by atoms with van der Waals surface area (Å²) >= 11 is 0. The highest BCUT2D eigenvalue weighted by molar-refractivity contribution is 7.92. The molecule has 0 amide bonds. The highest BCUT2D eigenvalue weighted by atomic mass is 32.2. The van der Waals surface area contributed by atoms with E-state index < -0.39 is 10.0 Å². The molecule has 0 aliphatic rings. The number of sulfonamides is 1. The van der Waals surface area contributed by atoms with Crippen LogP contribution in [0.2, 0.25) is 0 Å². The molecule has 1 aromatic rings. The molecule has 68 valence electrons. The number of anilines is 1. The molecule has 1 rings (SSSR count). The Balaban J connectivity index is 2.63. The van der Waals surface area contributed by atoms with Gasteiger partial charge in [0, 0.05) is 0 Å². The summed E-state index contributed by atoms with van der Waals surface area (Å²) in [7, 11) is -3.18. The molecule has 0 spiro atoms. The third-order valence-corrected chi connectivity index (χ3v) is 2.71. The van der Waals surface area contributed by atoms with E-state index in [1.54, 1.807) is 0 Å². The SMILES string of the molecule is CCCS(=O)(=O)Nc1cnc[nH]1. The Labute approximate surface area is 71.3 Å². The molecule has 0 aliphatic carbocycles. The van der Waals surface area contributed by atoms with Crippen molar-refractivity contribution in [3.63, 3.8) is 0 Å². The zero-order valence-electron chi connectivity index (χ0n) is 6.74. The number of imidazole rings is 1. The molecule has 12 heavy (non-hydrogen) atoms. The van der Waals surface area contributed by atoms with E-state index in [9.17, 15) is 8.42 Å². The van der Waals surface area contributed by atoms with E-state index in [0.29, 0.717) is 12.2 Å². The van der Waals surface area contributed by atoms with Crippen LogP contribution in [0.1, 0.15) is 13.3 Å². The van der Waals surface area contributed by atoms with E-state index in [1.165, 1.54) is 12.5 Å². The van der Waals surface area contributed by atoms with Crippen LogP contribution >= 0.6 is 0 Å². The summed E-state index contributed by atoms with van der Waals surface area (Å²) in [5.74, 6) is 0.537. The monoisotopic (exact) mass is 189 g/mol. The molecule has 0 unspecified atom stereocenters. The normalized spacial score (nSPS) is 11.4. The van der Waals surface area contributed by atoms with Crippen LogP contribution in [0.5, 0.6) is 0 Å². The molecule has 5 nitrogen and oxygen atoms in total. The fourth-order valence-electron chi connectivity index (χ4n) is 0.799. The minimum absolute atomic E-state index is 0.131. The molecule has 0 atom stereocenters. The second kappa shape index (κ2) is 3.57. The van der Waals surface area contributed by atoms with Crippen molar-refractivity contribution in [2.75, 3.05) is 10.5 Å². The first-order valence-corrected chi connectivity index (χ1v) is 5.28. The third kappa shape index (κ3) is 2.54. The summed E-state index contributed by atoms with van der Waals surface area (Å²) in [6, 6.07) is 0. The minimum Gasteiger partial charge on any atom is -0.331 e. The lowest BCUT2D eigenvalue weighted by atomic mass is 10.6. The lowest BCUT2D eigenvalue weighted by Gasteiger charge is -2.02. The average molecular weight is 189 g/mol. The van der Waals surface area contributed by atoms with Crippen LogP contribution in [-0.4, -0.2) is 24.1 Å². The van der Waals surface area contributed by atoms with Crippen LogP contribution < -0.4 is 4.72 Å². The zero-order chi connectivity index (χ0) is 9.03. The van der Waals surface area contributed by atoms with Gasteiger partial charge < -0.3 is 4.98 Å². The lowest BCUT2D eigenvalue weighted by Crippen LogP contribution is -2.16. The average Bonchev–Trinajstić information content (AvgIpc) is 2.38. The minimum atomic E-state index is -3.18. The molecule has 1 heterocycles. The number of H-pyrrole nitrogens is 1. The van der Waals surface area contributed by atoms with Crippen LogP contribution in [-0.2, 0) is 10.0 Å². The first-order chi connectivity index (χ1) is 5.64. The van der Waals surface area contributed by atoms with Crippen LogP contribution in [0, 0.1) is 0 Å². The van der Waals surface area contributed by atoms with Crippen molar-refractivity contribution in [3.8, 4) is 0 Å². The molecule has 1 aromatic heterocycles. The van der Waals surface area contributed by atoms with Crippen LogP contribution in [0.25, 0.3) is 0 Å². The highest BCUT2D eigenvalue weighted by Gasteiger charge is 2.08. The highest BCUT2D eigenvalue weighted by Crippen LogP contribution is 2.02. The Morgan fingerprint density at radius 2 is 2.42 bits per heavy atom. The third-order valence-electron chi connectivity index (χ3n) is 1.24. The summed E-state index contributed by atoms with van der Waals surface area (Å²) in [5.41, 5.74) is 0. The molecule has 0 saturated carbocycles. The zero-order valence-corrected chi connectivity index (χ0v) is 7.56. The van der Waals surface area contributed by atoms with Crippen LogP contribution in [0.15, 0.2) is 12.5 Å². The molecule has 0 fully saturated rings. The number of rotatable bonds is 4. The number of hydrogen-bond acceptors (Lipinski definition) is 3. The van der Waals surface area contributed by atoms with Gasteiger partial charge in [0.15, 0.2) is 0 Å². The molecule has 2 N–H and O–H groups in total. The van der Waals surface area contributed by atoms with Crippen LogP contribution in [0.3, 0.4) is 0 Å². The molecular weight excluding hydrogens is 178 g/mol. The Hall–Kier alpha value is -1.04. The number of aromatic amines is 1. The standard InChI is InChI=1S/C6H11N3O2S/c1-2-3-12(10,11)9-6-4-7-5-8-6/h4-5,9H,2-3H2,1H3,(H,7,8). The van der Waals surface area contributed by atoms with Crippen molar-refractivity contribution in [3.05, 3.63) is 12.5 Å². The van der Waals surface area contributed by atoms with Gasteiger partial charge in [-0.25, -0.2) is 13.4 Å². The quantitative estimate of drug-likeness (QED) is 0.726. The molecule has 0 saturated heterocycles. The van der Waals surface area contributed by atoms with Gasteiger partial charge in [-0.1, -0.05) is 6.92 Å². The van der Waals surface area contributed by atoms with Gasteiger partial charge >= 0.3 is 0 Å².